The van der Waals surface area contributed by atoms with Crippen LogP contribution >= 0.6 is 11.8 Å². The Morgan fingerprint density at radius 2 is 2.04 bits per heavy atom. The molecule has 25 heavy (non-hydrogen) atoms. The lowest BCUT2D eigenvalue weighted by Gasteiger charge is -2.39. The number of hydrogen-bond donors (Lipinski definition) is 1. The third kappa shape index (κ3) is 2.74. The van der Waals surface area contributed by atoms with E-state index >= 15 is 0 Å². The molecule has 8 heteroatoms. The van der Waals surface area contributed by atoms with Crippen LogP contribution in [-0.4, -0.2) is 46.6 Å². The summed E-state index contributed by atoms with van der Waals surface area (Å²) in [4.78, 5) is 15.8. The number of amidine groups is 1. The Balaban J connectivity index is 1.70. The number of anilines is 1. The first kappa shape index (κ1) is 16.9. The molecule has 2 aliphatic heterocycles. The number of aromatic nitrogens is 2. The second-order valence-electron chi connectivity index (χ2n) is 7.24. The summed E-state index contributed by atoms with van der Waals surface area (Å²) in [6.07, 6.45) is 4.94. The molecule has 2 N–H and O–H groups in total. The largest absolute Gasteiger partial charge is 0.479 e. The van der Waals surface area contributed by atoms with Gasteiger partial charge in [-0.25, -0.2) is 4.98 Å². The Morgan fingerprint density at radius 1 is 1.28 bits per heavy atom. The Morgan fingerprint density at radius 3 is 2.76 bits per heavy atom. The van der Waals surface area contributed by atoms with E-state index in [0.717, 1.165) is 18.8 Å². The van der Waals surface area contributed by atoms with Crippen molar-refractivity contribution in [1.82, 2.24) is 9.97 Å². The maximum Gasteiger partial charge on any atom is 0.255 e. The molecule has 1 saturated heterocycles. The van der Waals surface area contributed by atoms with Crippen LogP contribution < -0.4 is 15.4 Å². The highest BCUT2D eigenvalue weighted by Gasteiger charge is 2.54. The minimum absolute atomic E-state index is 0.00433. The molecule has 2 atom stereocenters. The highest BCUT2D eigenvalue weighted by Crippen LogP contribution is 2.49. The van der Waals surface area contributed by atoms with E-state index in [2.05, 4.69) is 14.9 Å². The van der Waals surface area contributed by atoms with Crippen LogP contribution in [0.4, 0.5) is 10.3 Å². The zero-order valence-corrected chi connectivity index (χ0v) is 15.5. The normalized spacial score (nSPS) is 29.6. The first-order chi connectivity index (χ1) is 12.0. The third-order valence-electron chi connectivity index (χ3n) is 5.86. The van der Waals surface area contributed by atoms with Gasteiger partial charge in [0.2, 0.25) is 11.8 Å². The van der Waals surface area contributed by atoms with Gasteiger partial charge in [0.15, 0.2) is 5.17 Å². The molecule has 0 bridgehead atoms. The number of nitrogens with two attached hydrogens (primary N) is 1. The van der Waals surface area contributed by atoms with Crippen molar-refractivity contribution in [3.8, 4) is 5.88 Å². The summed E-state index contributed by atoms with van der Waals surface area (Å²) >= 11 is 1.64. The standard InChI is InChI=1S/C17H24FN5OS/c1-10-13(18)14(24-2)21-16(20-10)23-7-12-8-25-15(19)22-17(12,9-23)11-5-3-4-6-11/h11-12H,3-9H2,1-2H3,(H2,19,22)/t12-,17+/m0/s1. The summed E-state index contributed by atoms with van der Waals surface area (Å²) in [5.74, 6) is 2.00. The number of hydrogen-bond acceptors (Lipinski definition) is 7. The van der Waals surface area contributed by atoms with E-state index in [4.69, 9.17) is 15.5 Å². The molecule has 0 radical (unpaired) electrons. The molecule has 1 saturated carbocycles. The summed E-state index contributed by atoms with van der Waals surface area (Å²) in [7, 11) is 1.43. The predicted octanol–water partition coefficient (Wildman–Crippen LogP) is 2.36. The van der Waals surface area contributed by atoms with E-state index in [1.807, 2.05) is 0 Å². The second kappa shape index (κ2) is 6.30. The number of rotatable bonds is 3. The zero-order valence-electron chi connectivity index (χ0n) is 14.7. The number of aryl methyl sites for hydroxylation is 1. The quantitative estimate of drug-likeness (QED) is 0.886. The van der Waals surface area contributed by atoms with Crippen molar-refractivity contribution >= 4 is 22.9 Å². The van der Waals surface area contributed by atoms with Gasteiger partial charge in [0.1, 0.15) is 0 Å². The van der Waals surface area contributed by atoms with Crippen LogP contribution in [0.15, 0.2) is 4.99 Å². The minimum Gasteiger partial charge on any atom is -0.479 e. The number of fused-ring (bicyclic) bond motifs is 1. The fourth-order valence-corrected chi connectivity index (χ4v) is 5.60. The van der Waals surface area contributed by atoms with Gasteiger partial charge in [0, 0.05) is 24.8 Å². The number of thioether (sulfide) groups is 1. The molecule has 0 unspecified atom stereocenters. The van der Waals surface area contributed by atoms with Crippen LogP contribution in [0.3, 0.4) is 0 Å². The van der Waals surface area contributed by atoms with Crippen molar-refractivity contribution in [2.75, 3.05) is 30.9 Å². The monoisotopic (exact) mass is 365 g/mol. The fourth-order valence-electron chi connectivity index (χ4n) is 4.60. The van der Waals surface area contributed by atoms with Crippen LogP contribution in [0, 0.1) is 24.6 Å². The third-order valence-corrected chi connectivity index (χ3v) is 6.81. The molecule has 1 aromatic heterocycles. The van der Waals surface area contributed by atoms with Gasteiger partial charge in [0.05, 0.1) is 18.3 Å². The highest BCUT2D eigenvalue weighted by molar-refractivity contribution is 8.13. The van der Waals surface area contributed by atoms with Crippen molar-refractivity contribution in [2.24, 2.45) is 22.6 Å². The molecule has 3 aliphatic rings. The van der Waals surface area contributed by atoms with Crippen molar-refractivity contribution in [1.29, 1.82) is 0 Å². The van der Waals surface area contributed by atoms with Crippen LogP contribution in [-0.2, 0) is 0 Å². The molecular weight excluding hydrogens is 341 g/mol. The Labute approximate surface area is 151 Å². The zero-order chi connectivity index (χ0) is 17.6. The topological polar surface area (TPSA) is 76.6 Å². The van der Waals surface area contributed by atoms with Crippen molar-refractivity contribution in [2.45, 2.75) is 38.1 Å². The van der Waals surface area contributed by atoms with Crippen LogP contribution in [0.25, 0.3) is 0 Å². The lowest BCUT2D eigenvalue weighted by molar-refractivity contribution is 0.245. The van der Waals surface area contributed by atoms with Crippen molar-refractivity contribution in [3.63, 3.8) is 0 Å². The molecule has 2 fully saturated rings. The van der Waals surface area contributed by atoms with Gasteiger partial charge < -0.3 is 15.4 Å². The molecule has 0 amide bonds. The molecule has 0 aromatic carbocycles. The minimum atomic E-state index is -0.494. The number of halogens is 1. The average Bonchev–Trinajstić information content (AvgIpc) is 3.24. The van der Waals surface area contributed by atoms with Crippen LogP contribution in [0.5, 0.6) is 5.88 Å². The summed E-state index contributed by atoms with van der Waals surface area (Å²) in [6, 6.07) is 0. The molecule has 0 spiro atoms. The Kier molecular flexibility index (Phi) is 4.25. The van der Waals surface area contributed by atoms with Crippen LogP contribution in [0.2, 0.25) is 0 Å². The maximum atomic E-state index is 14.0. The Hall–Kier alpha value is -1.57. The summed E-state index contributed by atoms with van der Waals surface area (Å²) in [5, 5.41) is 0.693. The van der Waals surface area contributed by atoms with Crippen LogP contribution in [0.1, 0.15) is 31.4 Å². The Bertz CT molecular complexity index is 709. The summed E-state index contributed by atoms with van der Waals surface area (Å²) < 4.78 is 19.1. The molecule has 1 aliphatic carbocycles. The van der Waals surface area contributed by atoms with E-state index in [9.17, 15) is 4.39 Å². The van der Waals surface area contributed by atoms with E-state index in [0.29, 0.717) is 28.6 Å². The van der Waals surface area contributed by atoms with Gasteiger partial charge in [-0.2, -0.15) is 9.37 Å². The fraction of sp³-hybridized carbons (Fsp3) is 0.706. The van der Waals surface area contributed by atoms with Gasteiger partial charge >= 0.3 is 0 Å². The van der Waals surface area contributed by atoms with Gasteiger partial charge in [0.25, 0.3) is 5.88 Å². The van der Waals surface area contributed by atoms with E-state index in [1.165, 1.54) is 32.8 Å². The SMILES string of the molecule is COc1nc(N2C[C@H]3CSC(N)=N[C@@]3(C3CCCC3)C2)nc(C)c1F. The van der Waals surface area contributed by atoms with Gasteiger partial charge in [-0.05, 0) is 25.7 Å². The van der Waals surface area contributed by atoms with Gasteiger partial charge in [-0.15, -0.1) is 0 Å². The first-order valence-electron chi connectivity index (χ1n) is 8.84. The van der Waals surface area contributed by atoms with Crippen molar-refractivity contribution in [3.05, 3.63) is 11.5 Å². The molecule has 6 nitrogen and oxygen atoms in total. The molecule has 4 rings (SSSR count). The lowest BCUT2D eigenvalue weighted by atomic mass is 9.76. The summed E-state index contributed by atoms with van der Waals surface area (Å²) in [5.41, 5.74) is 6.27. The average molecular weight is 365 g/mol. The van der Waals surface area contributed by atoms with Gasteiger partial charge in [-0.3, -0.25) is 4.99 Å². The van der Waals surface area contributed by atoms with Crippen molar-refractivity contribution < 1.29 is 9.13 Å². The van der Waals surface area contributed by atoms with E-state index in [1.54, 1.807) is 18.7 Å². The lowest BCUT2D eigenvalue weighted by Crippen LogP contribution is -2.47. The maximum absolute atomic E-state index is 14.0. The smallest absolute Gasteiger partial charge is 0.255 e. The molecule has 1 aromatic rings. The predicted molar refractivity (Wildman–Crippen MR) is 97.8 cm³/mol. The molecular formula is C17H24FN5OS. The van der Waals surface area contributed by atoms with Gasteiger partial charge in [-0.1, -0.05) is 24.6 Å². The first-order valence-corrected chi connectivity index (χ1v) is 9.83. The highest BCUT2D eigenvalue weighted by atomic mass is 32.2. The summed E-state index contributed by atoms with van der Waals surface area (Å²) in [6.45, 7) is 3.22. The number of nitrogens with zero attached hydrogens (tertiary/aromatic N) is 4. The van der Waals surface area contributed by atoms with E-state index in [-0.39, 0.29) is 11.4 Å². The number of ether oxygens (including phenoxy) is 1. The number of methoxy groups -OCH3 is 1. The number of aliphatic imine (C=N–C) groups is 1. The van der Waals surface area contributed by atoms with E-state index < -0.39 is 5.82 Å². The molecule has 3 heterocycles. The molecule has 136 valence electrons. The second-order valence-corrected chi connectivity index (χ2v) is 8.28.